The van der Waals surface area contributed by atoms with E-state index in [1.54, 1.807) is 12.1 Å². The predicted octanol–water partition coefficient (Wildman–Crippen LogP) is 2.85. The maximum absolute atomic E-state index is 11.8. The minimum atomic E-state index is -0.0128. The van der Waals surface area contributed by atoms with Crippen molar-refractivity contribution in [2.24, 2.45) is 0 Å². The first-order chi connectivity index (χ1) is 9.54. The van der Waals surface area contributed by atoms with Crippen LogP contribution >= 0.6 is 11.6 Å². The van der Waals surface area contributed by atoms with Gasteiger partial charge in [-0.1, -0.05) is 23.7 Å². The fraction of sp³-hybridized carbons (Fsp3) is 0.333. The molecule has 1 aromatic heterocycles. The Balaban J connectivity index is 1.78. The quantitative estimate of drug-likeness (QED) is 0.922. The van der Waals surface area contributed by atoms with Gasteiger partial charge in [-0.05, 0) is 24.6 Å². The topological polar surface area (TPSA) is 55.1 Å². The number of oxazole rings is 1. The summed E-state index contributed by atoms with van der Waals surface area (Å²) in [7, 11) is 0. The van der Waals surface area contributed by atoms with Gasteiger partial charge in [-0.25, -0.2) is 4.98 Å². The molecule has 0 radical (unpaired) electrons. The number of benzene rings is 1. The van der Waals surface area contributed by atoms with Crippen molar-refractivity contribution < 1.29 is 9.21 Å². The van der Waals surface area contributed by atoms with E-state index in [4.69, 9.17) is 16.0 Å². The summed E-state index contributed by atoms with van der Waals surface area (Å²) in [6, 6.07) is 7.27. The number of rotatable bonds is 5. The average Bonchev–Trinajstić information content (AvgIpc) is 2.71. The number of hydrogen-bond donors (Lipinski definition) is 1. The van der Waals surface area contributed by atoms with Crippen molar-refractivity contribution in [3.05, 3.63) is 52.2 Å². The number of carbonyl (C=O) groups is 1. The Morgan fingerprint density at radius 3 is 2.60 bits per heavy atom. The first-order valence-corrected chi connectivity index (χ1v) is 6.86. The Bertz CT molecular complexity index is 590. The van der Waals surface area contributed by atoms with Gasteiger partial charge in [-0.2, -0.15) is 0 Å². The van der Waals surface area contributed by atoms with Crippen molar-refractivity contribution in [1.29, 1.82) is 0 Å². The molecular formula is C15H17ClN2O2. The van der Waals surface area contributed by atoms with Crippen LogP contribution in [-0.2, 0) is 17.6 Å². The first-order valence-electron chi connectivity index (χ1n) is 6.48. The summed E-state index contributed by atoms with van der Waals surface area (Å²) in [5.74, 6) is 1.47. The van der Waals surface area contributed by atoms with E-state index in [1.807, 2.05) is 26.0 Å². The molecule has 4 nitrogen and oxygen atoms in total. The standard InChI is InChI=1S/C15H17ClN2O2/c1-10-14(20-11(2)18-10)7-8-17-15(19)9-12-3-5-13(16)6-4-12/h3-6H,7-9H2,1-2H3,(H,17,19). The Morgan fingerprint density at radius 1 is 1.30 bits per heavy atom. The van der Waals surface area contributed by atoms with Crippen molar-refractivity contribution >= 4 is 17.5 Å². The van der Waals surface area contributed by atoms with Gasteiger partial charge in [0.25, 0.3) is 0 Å². The molecule has 0 aliphatic rings. The minimum absolute atomic E-state index is 0.0128. The first kappa shape index (κ1) is 14.6. The van der Waals surface area contributed by atoms with Crippen LogP contribution < -0.4 is 5.32 Å². The number of halogens is 1. The Labute approximate surface area is 123 Å². The van der Waals surface area contributed by atoms with Crippen LogP contribution in [0.15, 0.2) is 28.7 Å². The van der Waals surface area contributed by atoms with Crippen LogP contribution in [0, 0.1) is 13.8 Å². The molecule has 1 heterocycles. The Morgan fingerprint density at radius 2 is 2.00 bits per heavy atom. The largest absolute Gasteiger partial charge is 0.446 e. The second kappa shape index (κ2) is 6.57. The second-order valence-corrected chi connectivity index (χ2v) is 5.08. The molecule has 2 aromatic rings. The molecule has 0 saturated heterocycles. The SMILES string of the molecule is Cc1nc(C)c(CCNC(=O)Cc2ccc(Cl)cc2)o1. The van der Waals surface area contributed by atoms with Crippen LogP contribution in [0.2, 0.25) is 5.02 Å². The molecule has 0 atom stereocenters. The third-order valence-electron chi connectivity index (χ3n) is 2.95. The zero-order valence-electron chi connectivity index (χ0n) is 11.6. The van der Waals surface area contributed by atoms with Crippen LogP contribution in [0.5, 0.6) is 0 Å². The molecule has 106 valence electrons. The van der Waals surface area contributed by atoms with Crippen LogP contribution in [0.1, 0.15) is 22.9 Å². The molecule has 1 amide bonds. The number of nitrogens with zero attached hydrogens (tertiary/aromatic N) is 1. The van der Waals surface area contributed by atoms with Crippen molar-refractivity contribution in [1.82, 2.24) is 10.3 Å². The van der Waals surface area contributed by atoms with Gasteiger partial charge in [0.05, 0.1) is 12.1 Å². The number of aromatic nitrogens is 1. The molecule has 0 saturated carbocycles. The van der Waals surface area contributed by atoms with E-state index in [-0.39, 0.29) is 5.91 Å². The highest BCUT2D eigenvalue weighted by Crippen LogP contribution is 2.10. The molecule has 0 unspecified atom stereocenters. The molecule has 5 heteroatoms. The number of hydrogen-bond acceptors (Lipinski definition) is 3. The fourth-order valence-corrected chi connectivity index (χ4v) is 2.10. The van der Waals surface area contributed by atoms with Crippen LogP contribution in [0.25, 0.3) is 0 Å². The van der Waals surface area contributed by atoms with Crippen LogP contribution in [0.3, 0.4) is 0 Å². The van der Waals surface area contributed by atoms with Crippen molar-refractivity contribution in [2.45, 2.75) is 26.7 Å². The summed E-state index contributed by atoms with van der Waals surface area (Å²) in [5, 5.41) is 3.54. The Hall–Kier alpha value is -1.81. The zero-order valence-corrected chi connectivity index (χ0v) is 12.3. The monoisotopic (exact) mass is 292 g/mol. The average molecular weight is 293 g/mol. The van der Waals surface area contributed by atoms with E-state index < -0.39 is 0 Å². The molecule has 0 spiro atoms. The number of aryl methyl sites for hydroxylation is 2. The van der Waals surface area contributed by atoms with E-state index in [0.717, 1.165) is 17.0 Å². The smallest absolute Gasteiger partial charge is 0.224 e. The zero-order chi connectivity index (χ0) is 14.5. The number of nitrogens with one attached hydrogen (secondary N) is 1. The molecular weight excluding hydrogens is 276 g/mol. The Kier molecular flexibility index (Phi) is 4.79. The summed E-state index contributed by atoms with van der Waals surface area (Å²) in [5.41, 5.74) is 1.83. The second-order valence-electron chi connectivity index (χ2n) is 4.64. The van der Waals surface area contributed by atoms with Gasteiger partial charge < -0.3 is 9.73 Å². The number of amides is 1. The lowest BCUT2D eigenvalue weighted by Gasteiger charge is -2.04. The maximum atomic E-state index is 11.8. The lowest BCUT2D eigenvalue weighted by Crippen LogP contribution is -2.27. The van der Waals surface area contributed by atoms with Gasteiger partial charge in [0.15, 0.2) is 5.89 Å². The summed E-state index contributed by atoms with van der Waals surface area (Å²) >= 11 is 5.80. The lowest BCUT2D eigenvalue weighted by molar-refractivity contribution is -0.120. The summed E-state index contributed by atoms with van der Waals surface area (Å²) in [6.07, 6.45) is 1.00. The van der Waals surface area contributed by atoms with E-state index in [9.17, 15) is 4.79 Å². The van der Waals surface area contributed by atoms with Gasteiger partial charge in [-0.3, -0.25) is 4.79 Å². The van der Waals surface area contributed by atoms with Gasteiger partial charge >= 0.3 is 0 Å². The lowest BCUT2D eigenvalue weighted by atomic mass is 10.1. The highest BCUT2D eigenvalue weighted by atomic mass is 35.5. The maximum Gasteiger partial charge on any atom is 0.224 e. The summed E-state index contributed by atoms with van der Waals surface area (Å²) in [4.78, 5) is 16.0. The van der Waals surface area contributed by atoms with Gasteiger partial charge in [0, 0.05) is 24.9 Å². The number of carbonyl (C=O) groups excluding carboxylic acids is 1. The van der Waals surface area contributed by atoms with Crippen LogP contribution in [-0.4, -0.2) is 17.4 Å². The van der Waals surface area contributed by atoms with E-state index in [1.165, 1.54) is 0 Å². The molecule has 20 heavy (non-hydrogen) atoms. The molecule has 2 rings (SSSR count). The minimum Gasteiger partial charge on any atom is -0.446 e. The van der Waals surface area contributed by atoms with Gasteiger partial charge in [0.2, 0.25) is 5.91 Å². The van der Waals surface area contributed by atoms with E-state index >= 15 is 0 Å². The molecule has 1 N–H and O–H groups in total. The normalized spacial score (nSPS) is 10.6. The van der Waals surface area contributed by atoms with Gasteiger partial charge in [0.1, 0.15) is 5.76 Å². The highest BCUT2D eigenvalue weighted by molar-refractivity contribution is 6.30. The summed E-state index contributed by atoms with van der Waals surface area (Å²) < 4.78 is 5.45. The van der Waals surface area contributed by atoms with E-state index in [0.29, 0.717) is 30.3 Å². The van der Waals surface area contributed by atoms with Crippen LogP contribution in [0.4, 0.5) is 0 Å². The fourth-order valence-electron chi connectivity index (χ4n) is 1.97. The summed E-state index contributed by atoms with van der Waals surface area (Å²) in [6.45, 7) is 4.26. The molecule has 0 aliphatic heterocycles. The van der Waals surface area contributed by atoms with E-state index in [2.05, 4.69) is 10.3 Å². The third-order valence-corrected chi connectivity index (χ3v) is 3.20. The highest BCUT2D eigenvalue weighted by Gasteiger charge is 2.08. The van der Waals surface area contributed by atoms with Gasteiger partial charge in [-0.15, -0.1) is 0 Å². The molecule has 0 aliphatic carbocycles. The third kappa shape index (κ3) is 4.10. The van der Waals surface area contributed by atoms with Crippen molar-refractivity contribution in [3.63, 3.8) is 0 Å². The predicted molar refractivity (Wildman–Crippen MR) is 77.8 cm³/mol. The molecule has 0 fully saturated rings. The van der Waals surface area contributed by atoms with Crippen molar-refractivity contribution in [2.75, 3.05) is 6.54 Å². The van der Waals surface area contributed by atoms with Crippen molar-refractivity contribution in [3.8, 4) is 0 Å². The molecule has 0 bridgehead atoms. The molecule has 1 aromatic carbocycles.